The maximum atomic E-state index is 10.1. The molecule has 0 saturated heterocycles. The minimum atomic E-state index is -0.441. The lowest BCUT2D eigenvalue weighted by molar-refractivity contribution is 0.200. The van der Waals surface area contributed by atoms with Gasteiger partial charge in [-0.05, 0) is 39.7 Å². The largest absolute Gasteiger partial charge is 0.392 e. The number of aliphatic hydroxyl groups excluding tert-OH is 1. The maximum Gasteiger partial charge on any atom is 0.126 e. The summed E-state index contributed by atoms with van der Waals surface area (Å²) in [6, 6.07) is 11.7. The van der Waals surface area contributed by atoms with Crippen LogP contribution in [-0.4, -0.2) is 21.9 Å². The Hall–Kier alpha value is -1.04. The number of halogens is 1. The Labute approximate surface area is 125 Å². The number of rotatable bonds is 5. The third-order valence-electron chi connectivity index (χ3n) is 2.65. The average molecular weight is 339 g/mol. The lowest BCUT2D eigenvalue weighted by atomic mass is 10.1. The van der Waals surface area contributed by atoms with Crippen LogP contribution in [0.15, 0.2) is 52.0 Å². The van der Waals surface area contributed by atoms with Gasteiger partial charge in [0.2, 0.25) is 0 Å². The zero-order valence-corrected chi connectivity index (χ0v) is 12.7. The van der Waals surface area contributed by atoms with Crippen molar-refractivity contribution in [3.05, 3.63) is 52.6 Å². The molecule has 1 aromatic carbocycles. The SMILES string of the molecule is Nc1ncccc1CC(O)CSc1ccccc1Br. The van der Waals surface area contributed by atoms with E-state index in [0.717, 1.165) is 14.9 Å². The van der Waals surface area contributed by atoms with Gasteiger partial charge in [0.15, 0.2) is 0 Å². The van der Waals surface area contributed by atoms with Gasteiger partial charge >= 0.3 is 0 Å². The summed E-state index contributed by atoms with van der Waals surface area (Å²) in [5, 5.41) is 10.1. The van der Waals surface area contributed by atoms with Crippen LogP contribution < -0.4 is 5.73 Å². The first kappa shape index (κ1) is 14.4. The van der Waals surface area contributed by atoms with Gasteiger partial charge in [0.05, 0.1) is 6.10 Å². The highest BCUT2D eigenvalue weighted by atomic mass is 79.9. The van der Waals surface area contributed by atoms with Crippen molar-refractivity contribution in [3.63, 3.8) is 0 Å². The third-order valence-corrected chi connectivity index (χ3v) is 4.82. The second-order valence-electron chi connectivity index (χ2n) is 4.15. The molecule has 0 saturated carbocycles. The van der Waals surface area contributed by atoms with Gasteiger partial charge in [-0.25, -0.2) is 4.98 Å². The van der Waals surface area contributed by atoms with Gasteiger partial charge in [0, 0.05) is 27.7 Å². The summed E-state index contributed by atoms with van der Waals surface area (Å²) < 4.78 is 1.05. The van der Waals surface area contributed by atoms with E-state index in [9.17, 15) is 5.11 Å². The van der Waals surface area contributed by atoms with Crippen molar-refractivity contribution in [2.75, 3.05) is 11.5 Å². The first-order chi connectivity index (χ1) is 9.16. The van der Waals surface area contributed by atoms with Gasteiger partial charge in [-0.1, -0.05) is 18.2 Å². The van der Waals surface area contributed by atoms with Crippen LogP contribution in [0.3, 0.4) is 0 Å². The molecular weight excluding hydrogens is 324 g/mol. The van der Waals surface area contributed by atoms with E-state index in [-0.39, 0.29) is 0 Å². The first-order valence-electron chi connectivity index (χ1n) is 5.91. The zero-order chi connectivity index (χ0) is 13.7. The quantitative estimate of drug-likeness (QED) is 0.822. The second kappa shape index (κ2) is 6.93. The van der Waals surface area contributed by atoms with Gasteiger partial charge in [-0.15, -0.1) is 11.8 Å². The van der Waals surface area contributed by atoms with Crippen LogP contribution in [0.25, 0.3) is 0 Å². The summed E-state index contributed by atoms with van der Waals surface area (Å²) in [5.41, 5.74) is 6.66. The molecule has 19 heavy (non-hydrogen) atoms. The summed E-state index contributed by atoms with van der Waals surface area (Å²) in [6.07, 6.45) is 1.74. The molecule has 1 atom stereocenters. The Kier molecular flexibility index (Phi) is 5.24. The number of hydrogen-bond acceptors (Lipinski definition) is 4. The van der Waals surface area contributed by atoms with Gasteiger partial charge in [-0.3, -0.25) is 0 Å². The highest BCUT2D eigenvalue weighted by Crippen LogP contribution is 2.28. The fraction of sp³-hybridized carbons (Fsp3) is 0.214. The van der Waals surface area contributed by atoms with Crippen LogP contribution in [-0.2, 0) is 6.42 Å². The highest BCUT2D eigenvalue weighted by Gasteiger charge is 2.10. The highest BCUT2D eigenvalue weighted by molar-refractivity contribution is 9.10. The van der Waals surface area contributed by atoms with E-state index in [1.54, 1.807) is 18.0 Å². The van der Waals surface area contributed by atoms with Crippen LogP contribution in [0, 0.1) is 0 Å². The van der Waals surface area contributed by atoms with E-state index < -0.39 is 6.10 Å². The monoisotopic (exact) mass is 338 g/mol. The Morgan fingerprint density at radius 3 is 2.79 bits per heavy atom. The van der Waals surface area contributed by atoms with E-state index in [1.807, 2.05) is 36.4 Å². The lowest BCUT2D eigenvalue weighted by Crippen LogP contribution is -2.15. The smallest absolute Gasteiger partial charge is 0.126 e. The predicted octanol–water partition coefficient (Wildman–Crippen LogP) is 3.12. The lowest BCUT2D eigenvalue weighted by Gasteiger charge is -2.12. The third kappa shape index (κ3) is 4.23. The van der Waals surface area contributed by atoms with E-state index >= 15 is 0 Å². The molecule has 0 amide bonds. The molecule has 2 rings (SSSR count). The minimum Gasteiger partial charge on any atom is -0.392 e. The van der Waals surface area contributed by atoms with Crippen LogP contribution in [0.1, 0.15) is 5.56 Å². The molecule has 3 N–H and O–H groups in total. The van der Waals surface area contributed by atoms with Crippen molar-refractivity contribution >= 4 is 33.5 Å². The molecule has 0 radical (unpaired) electrons. The van der Waals surface area contributed by atoms with Crippen molar-refractivity contribution in [1.29, 1.82) is 0 Å². The van der Waals surface area contributed by atoms with E-state index in [0.29, 0.717) is 18.0 Å². The molecule has 1 heterocycles. The van der Waals surface area contributed by atoms with E-state index in [1.165, 1.54) is 0 Å². The normalized spacial score (nSPS) is 12.3. The Balaban J connectivity index is 1.90. The number of benzene rings is 1. The van der Waals surface area contributed by atoms with Crippen LogP contribution >= 0.6 is 27.7 Å². The molecule has 5 heteroatoms. The zero-order valence-electron chi connectivity index (χ0n) is 10.3. The Morgan fingerprint density at radius 2 is 2.05 bits per heavy atom. The number of thioether (sulfide) groups is 1. The fourth-order valence-electron chi connectivity index (χ4n) is 1.68. The summed E-state index contributed by atoms with van der Waals surface area (Å²) in [6.45, 7) is 0. The number of aromatic nitrogens is 1. The number of nitrogens with zero attached hydrogens (tertiary/aromatic N) is 1. The predicted molar refractivity (Wildman–Crippen MR) is 83.2 cm³/mol. The molecule has 3 nitrogen and oxygen atoms in total. The van der Waals surface area contributed by atoms with Crippen LogP contribution in [0.5, 0.6) is 0 Å². The number of aliphatic hydroxyl groups is 1. The van der Waals surface area contributed by atoms with Gasteiger partial charge in [0.25, 0.3) is 0 Å². The summed E-state index contributed by atoms with van der Waals surface area (Å²) >= 11 is 5.11. The molecule has 0 spiro atoms. The maximum absolute atomic E-state index is 10.1. The van der Waals surface area contributed by atoms with Crippen LogP contribution in [0.4, 0.5) is 5.82 Å². The molecule has 2 aromatic rings. The summed E-state index contributed by atoms with van der Waals surface area (Å²) in [7, 11) is 0. The summed E-state index contributed by atoms with van der Waals surface area (Å²) in [4.78, 5) is 5.14. The standard InChI is InChI=1S/C14H15BrN2OS/c15-12-5-1-2-6-13(12)19-9-11(18)8-10-4-3-7-17-14(10)16/h1-7,11,18H,8-9H2,(H2,16,17). The van der Waals surface area contributed by atoms with E-state index in [2.05, 4.69) is 20.9 Å². The molecule has 1 aromatic heterocycles. The van der Waals surface area contributed by atoms with Crippen molar-refractivity contribution < 1.29 is 5.11 Å². The fourth-order valence-corrected chi connectivity index (χ4v) is 3.18. The van der Waals surface area contributed by atoms with Crippen LogP contribution in [0.2, 0.25) is 0 Å². The number of hydrogen-bond donors (Lipinski definition) is 2. The molecule has 0 fully saturated rings. The Morgan fingerprint density at radius 1 is 1.26 bits per heavy atom. The molecule has 0 bridgehead atoms. The van der Waals surface area contributed by atoms with Gasteiger partial charge < -0.3 is 10.8 Å². The number of anilines is 1. The second-order valence-corrected chi connectivity index (χ2v) is 6.06. The van der Waals surface area contributed by atoms with Gasteiger partial charge in [0.1, 0.15) is 5.82 Å². The van der Waals surface area contributed by atoms with E-state index in [4.69, 9.17) is 5.73 Å². The van der Waals surface area contributed by atoms with Crippen molar-refractivity contribution in [1.82, 2.24) is 4.98 Å². The Bertz CT molecular complexity index is 550. The molecule has 100 valence electrons. The average Bonchev–Trinajstić information content (AvgIpc) is 2.40. The molecular formula is C14H15BrN2OS. The van der Waals surface area contributed by atoms with Crippen molar-refractivity contribution in [2.24, 2.45) is 0 Å². The molecule has 0 aliphatic rings. The number of nitrogen functional groups attached to an aromatic ring is 1. The first-order valence-corrected chi connectivity index (χ1v) is 7.69. The minimum absolute atomic E-state index is 0.441. The molecule has 1 unspecified atom stereocenters. The topological polar surface area (TPSA) is 59.1 Å². The summed E-state index contributed by atoms with van der Waals surface area (Å²) in [5.74, 6) is 1.11. The number of pyridine rings is 1. The number of nitrogens with two attached hydrogens (primary N) is 1. The molecule has 0 aliphatic heterocycles. The van der Waals surface area contributed by atoms with Crippen molar-refractivity contribution in [3.8, 4) is 0 Å². The molecule has 0 aliphatic carbocycles. The van der Waals surface area contributed by atoms with Gasteiger partial charge in [-0.2, -0.15) is 0 Å². The van der Waals surface area contributed by atoms with Crippen molar-refractivity contribution in [2.45, 2.75) is 17.4 Å².